The fourth-order valence-electron chi connectivity index (χ4n) is 3.62. The Morgan fingerprint density at radius 2 is 1.59 bits per heavy atom. The Balaban J connectivity index is 1.81. The molecule has 2 rings (SSSR count). The van der Waals surface area contributed by atoms with Crippen molar-refractivity contribution in [2.24, 2.45) is 9.98 Å². The van der Waals surface area contributed by atoms with Gasteiger partial charge in [0.1, 0.15) is 11.9 Å². The van der Waals surface area contributed by atoms with E-state index in [2.05, 4.69) is 48.1 Å². The molecule has 1 aromatic carbocycles. The summed E-state index contributed by atoms with van der Waals surface area (Å²) in [4.78, 5) is 8.67. The van der Waals surface area contributed by atoms with E-state index in [1.807, 2.05) is 6.21 Å². The zero-order chi connectivity index (χ0) is 20.6. The quantitative estimate of drug-likeness (QED) is 0.314. The summed E-state index contributed by atoms with van der Waals surface area (Å²) < 4.78 is 11.9. The summed E-state index contributed by atoms with van der Waals surface area (Å²) >= 11 is 0. The highest BCUT2D eigenvalue weighted by Crippen LogP contribution is 2.27. The van der Waals surface area contributed by atoms with Crippen LogP contribution in [-0.2, 0) is 21.5 Å². The molecule has 0 radical (unpaired) electrons. The number of hydrogen-bond acceptors (Lipinski definition) is 4. The molecule has 0 bridgehead atoms. The van der Waals surface area contributed by atoms with E-state index in [4.69, 9.17) is 9.47 Å². The number of ether oxygens (including phenoxy) is 2. The van der Waals surface area contributed by atoms with Crippen LogP contribution in [0, 0.1) is 0 Å². The Labute approximate surface area is 177 Å². The Morgan fingerprint density at radius 3 is 2.31 bits per heavy atom. The van der Waals surface area contributed by atoms with E-state index in [1.165, 1.54) is 44.1 Å². The zero-order valence-electron chi connectivity index (χ0n) is 18.6. The van der Waals surface area contributed by atoms with E-state index >= 15 is 0 Å². The molecular formula is C25H40N2O2. The lowest BCUT2D eigenvalue weighted by atomic mass is 9.92. The molecule has 162 valence electrons. The standard InChI is InChI=1S/C25H40N2O2/c1-3-5-6-7-8-9-12-23-13-15-24(16-14-23)25(20-26-22-27-21-25)29-19-11-10-18-28-17-4-2/h13-16,20,22H,3-12,17-19,21H2,1-2H3. The van der Waals surface area contributed by atoms with Crippen molar-refractivity contribution in [1.82, 2.24) is 0 Å². The lowest BCUT2D eigenvalue weighted by molar-refractivity contribution is 0.00855. The zero-order valence-corrected chi connectivity index (χ0v) is 18.6. The van der Waals surface area contributed by atoms with Crippen molar-refractivity contribution in [3.63, 3.8) is 0 Å². The Bertz CT molecular complexity index is 597. The number of benzene rings is 1. The number of aliphatic imine (C=N–C) groups is 2. The summed E-state index contributed by atoms with van der Waals surface area (Å²) in [5.41, 5.74) is 2.02. The van der Waals surface area contributed by atoms with Crippen molar-refractivity contribution in [2.45, 2.75) is 83.7 Å². The molecule has 0 saturated carbocycles. The number of rotatable bonds is 16. The van der Waals surface area contributed by atoms with Crippen molar-refractivity contribution in [3.05, 3.63) is 35.4 Å². The fraction of sp³-hybridized carbons (Fsp3) is 0.680. The number of unbranched alkanes of at least 4 members (excludes halogenated alkanes) is 6. The second kappa shape index (κ2) is 14.5. The van der Waals surface area contributed by atoms with Gasteiger partial charge in [-0.15, -0.1) is 0 Å². The molecule has 0 aromatic heterocycles. The van der Waals surface area contributed by atoms with Gasteiger partial charge in [-0.25, -0.2) is 4.99 Å². The molecule has 1 unspecified atom stereocenters. The summed E-state index contributed by atoms with van der Waals surface area (Å²) in [5, 5.41) is 0. The molecule has 4 nitrogen and oxygen atoms in total. The highest BCUT2D eigenvalue weighted by atomic mass is 16.5. The van der Waals surface area contributed by atoms with E-state index in [9.17, 15) is 0 Å². The third-order valence-electron chi connectivity index (χ3n) is 5.41. The van der Waals surface area contributed by atoms with Crippen molar-refractivity contribution in [1.29, 1.82) is 0 Å². The molecule has 0 aliphatic carbocycles. The number of aryl methyl sites for hydroxylation is 1. The molecule has 1 atom stereocenters. The molecule has 1 aliphatic rings. The SMILES string of the molecule is CCCCCCCCc1ccc(C2(OCCCCOCCC)C=NC=NC2)cc1. The summed E-state index contributed by atoms with van der Waals surface area (Å²) in [6.07, 6.45) is 15.8. The van der Waals surface area contributed by atoms with Crippen molar-refractivity contribution in [3.8, 4) is 0 Å². The second-order valence-corrected chi connectivity index (χ2v) is 8.01. The van der Waals surface area contributed by atoms with E-state index < -0.39 is 5.60 Å². The molecule has 0 spiro atoms. The van der Waals surface area contributed by atoms with Crippen LogP contribution in [0.4, 0.5) is 0 Å². The maximum atomic E-state index is 6.32. The average molecular weight is 401 g/mol. The molecule has 0 amide bonds. The van der Waals surface area contributed by atoms with Gasteiger partial charge in [0, 0.05) is 26.0 Å². The molecule has 4 heteroatoms. The van der Waals surface area contributed by atoms with Gasteiger partial charge in [0.25, 0.3) is 0 Å². The van der Waals surface area contributed by atoms with Crippen LogP contribution in [0.15, 0.2) is 34.3 Å². The van der Waals surface area contributed by atoms with Crippen molar-refractivity contribution in [2.75, 3.05) is 26.4 Å². The van der Waals surface area contributed by atoms with Gasteiger partial charge < -0.3 is 9.47 Å². The lowest BCUT2D eigenvalue weighted by Gasteiger charge is -2.30. The summed E-state index contributed by atoms with van der Waals surface area (Å²) in [6, 6.07) is 8.89. The van der Waals surface area contributed by atoms with E-state index in [0.29, 0.717) is 13.2 Å². The van der Waals surface area contributed by atoms with Crippen LogP contribution in [-0.4, -0.2) is 38.9 Å². The molecule has 1 heterocycles. The van der Waals surface area contributed by atoms with Gasteiger partial charge in [-0.1, -0.05) is 70.2 Å². The maximum Gasteiger partial charge on any atom is 0.148 e. The van der Waals surface area contributed by atoms with Gasteiger partial charge in [-0.2, -0.15) is 0 Å². The molecular weight excluding hydrogens is 360 g/mol. The second-order valence-electron chi connectivity index (χ2n) is 8.01. The molecule has 0 N–H and O–H groups in total. The minimum atomic E-state index is -0.530. The fourth-order valence-corrected chi connectivity index (χ4v) is 3.62. The Morgan fingerprint density at radius 1 is 0.828 bits per heavy atom. The minimum Gasteiger partial charge on any atom is -0.381 e. The van der Waals surface area contributed by atoms with Crippen LogP contribution in [0.5, 0.6) is 0 Å². The summed E-state index contributed by atoms with van der Waals surface area (Å²) in [7, 11) is 0. The predicted octanol–water partition coefficient (Wildman–Crippen LogP) is 6.12. The van der Waals surface area contributed by atoms with Crippen LogP contribution >= 0.6 is 0 Å². The first-order valence-electron chi connectivity index (χ1n) is 11.6. The molecule has 1 aliphatic heterocycles. The average Bonchev–Trinajstić information content (AvgIpc) is 2.76. The Hall–Kier alpha value is -1.52. The van der Waals surface area contributed by atoms with Crippen LogP contribution < -0.4 is 0 Å². The first-order valence-corrected chi connectivity index (χ1v) is 11.6. The lowest BCUT2D eigenvalue weighted by Crippen LogP contribution is -2.37. The predicted molar refractivity (Wildman–Crippen MR) is 123 cm³/mol. The van der Waals surface area contributed by atoms with Crippen LogP contribution in [0.2, 0.25) is 0 Å². The van der Waals surface area contributed by atoms with Crippen molar-refractivity contribution < 1.29 is 9.47 Å². The molecule has 0 fully saturated rings. The minimum absolute atomic E-state index is 0.530. The first kappa shape index (κ1) is 23.8. The van der Waals surface area contributed by atoms with Crippen LogP contribution in [0.25, 0.3) is 0 Å². The number of nitrogens with zero attached hydrogens (tertiary/aromatic N) is 2. The van der Waals surface area contributed by atoms with Crippen molar-refractivity contribution >= 4 is 12.6 Å². The smallest absolute Gasteiger partial charge is 0.148 e. The van der Waals surface area contributed by atoms with E-state index in [0.717, 1.165) is 44.5 Å². The number of hydrogen-bond donors (Lipinski definition) is 0. The highest BCUT2D eigenvalue weighted by molar-refractivity contribution is 5.82. The third-order valence-corrected chi connectivity index (χ3v) is 5.41. The molecule has 0 saturated heterocycles. The van der Waals surface area contributed by atoms with Gasteiger partial charge >= 0.3 is 0 Å². The molecule has 29 heavy (non-hydrogen) atoms. The molecule has 1 aromatic rings. The normalized spacial score (nSPS) is 18.4. The van der Waals surface area contributed by atoms with E-state index in [-0.39, 0.29) is 0 Å². The largest absolute Gasteiger partial charge is 0.381 e. The van der Waals surface area contributed by atoms with Gasteiger partial charge in [0.05, 0.1) is 6.54 Å². The van der Waals surface area contributed by atoms with Crippen LogP contribution in [0.3, 0.4) is 0 Å². The topological polar surface area (TPSA) is 43.2 Å². The summed E-state index contributed by atoms with van der Waals surface area (Å²) in [6.45, 7) is 7.34. The monoisotopic (exact) mass is 400 g/mol. The first-order chi connectivity index (χ1) is 14.3. The third kappa shape index (κ3) is 8.79. The Kier molecular flexibility index (Phi) is 11.8. The van der Waals surface area contributed by atoms with Gasteiger partial charge in [-0.05, 0) is 43.2 Å². The van der Waals surface area contributed by atoms with Crippen LogP contribution in [0.1, 0.15) is 82.8 Å². The summed E-state index contributed by atoms with van der Waals surface area (Å²) in [5.74, 6) is 0. The van der Waals surface area contributed by atoms with E-state index in [1.54, 1.807) is 6.34 Å². The van der Waals surface area contributed by atoms with Gasteiger partial charge in [0.15, 0.2) is 0 Å². The highest BCUT2D eigenvalue weighted by Gasteiger charge is 2.32. The van der Waals surface area contributed by atoms with Gasteiger partial charge in [0.2, 0.25) is 0 Å². The van der Waals surface area contributed by atoms with Gasteiger partial charge in [-0.3, -0.25) is 4.99 Å². The maximum absolute atomic E-state index is 6.32.